The third-order valence-electron chi connectivity index (χ3n) is 5.91. The Morgan fingerprint density at radius 1 is 0.976 bits per heavy atom. The summed E-state index contributed by atoms with van der Waals surface area (Å²) in [7, 11) is 0. The van der Waals surface area contributed by atoms with Crippen molar-refractivity contribution in [3.05, 3.63) is 118 Å². The standard InChI is InChI=1S/C30H24N4O5S2/c1-2-39-23-14-15-25-26(18-23)41-30(32-25)33-29(36)27(19-8-4-3-5-9-19)40-24-13-7-11-21(17-24)31-28(35)20-10-6-12-22(16-20)34(37)38/h3-18,27H,2H2,1H3,(H,31,35)(H,32,33,36). The van der Waals surface area contributed by atoms with E-state index in [4.69, 9.17) is 4.74 Å². The summed E-state index contributed by atoms with van der Waals surface area (Å²) >= 11 is 2.71. The molecule has 1 heterocycles. The zero-order valence-corrected chi connectivity index (χ0v) is 23.4. The van der Waals surface area contributed by atoms with E-state index < -0.39 is 16.1 Å². The van der Waals surface area contributed by atoms with Crippen molar-refractivity contribution in [2.75, 3.05) is 17.2 Å². The highest BCUT2D eigenvalue weighted by Gasteiger charge is 2.24. The van der Waals surface area contributed by atoms with Crippen LogP contribution in [-0.2, 0) is 4.79 Å². The van der Waals surface area contributed by atoms with E-state index in [0.29, 0.717) is 17.4 Å². The van der Waals surface area contributed by atoms with Crippen molar-refractivity contribution in [3.63, 3.8) is 0 Å². The number of benzene rings is 4. The maximum absolute atomic E-state index is 13.6. The summed E-state index contributed by atoms with van der Waals surface area (Å²) in [6.45, 7) is 2.48. The van der Waals surface area contributed by atoms with Gasteiger partial charge in [0.2, 0.25) is 5.91 Å². The number of carbonyl (C=O) groups is 2. The zero-order valence-electron chi connectivity index (χ0n) is 21.8. The van der Waals surface area contributed by atoms with Crippen LogP contribution < -0.4 is 15.4 Å². The van der Waals surface area contributed by atoms with E-state index in [-0.39, 0.29) is 17.2 Å². The van der Waals surface area contributed by atoms with E-state index in [2.05, 4.69) is 15.6 Å². The number of nitro benzene ring substituents is 1. The van der Waals surface area contributed by atoms with Crippen molar-refractivity contribution in [3.8, 4) is 5.75 Å². The van der Waals surface area contributed by atoms with Gasteiger partial charge >= 0.3 is 0 Å². The Kier molecular flexibility index (Phi) is 8.56. The number of thiazole rings is 1. The van der Waals surface area contributed by atoms with Gasteiger partial charge in [0.15, 0.2) is 5.13 Å². The second-order valence-electron chi connectivity index (χ2n) is 8.77. The van der Waals surface area contributed by atoms with Gasteiger partial charge in [-0.1, -0.05) is 53.8 Å². The van der Waals surface area contributed by atoms with E-state index >= 15 is 0 Å². The van der Waals surface area contributed by atoms with E-state index in [9.17, 15) is 19.7 Å². The Bertz CT molecular complexity index is 1720. The van der Waals surface area contributed by atoms with E-state index in [1.807, 2.05) is 61.5 Å². The van der Waals surface area contributed by atoms with Gasteiger partial charge in [-0.3, -0.25) is 19.7 Å². The smallest absolute Gasteiger partial charge is 0.270 e. The summed E-state index contributed by atoms with van der Waals surface area (Å²) in [4.78, 5) is 42.2. The first kappa shape index (κ1) is 27.8. The van der Waals surface area contributed by atoms with Gasteiger partial charge in [0, 0.05) is 28.3 Å². The first-order chi connectivity index (χ1) is 19.9. The number of non-ortho nitro benzene ring substituents is 1. The highest BCUT2D eigenvalue weighted by atomic mass is 32.2. The van der Waals surface area contributed by atoms with Crippen molar-refractivity contribution in [1.82, 2.24) is 4.98 Å². The average molecular weight is 585 g/mol. The molecule has 0 fully saturated rings. The Morgan fingerprint density at radius 3 is 2.56 bits per heavy atom. The number of amides is 2. The summed E-state index contributed by atoms with van der Waals surface area (Å²) in [5.41, 5.74) is 2.07. The normalized spacial score (nSPS) is 11.5. The lowest BCUT2D eigenvalue weighted by molar-refractivity contribution is -0.384. The Balaban J connectivity index is 1.35. The molecule has 1 aromatic heterocycles. The molecule has 0 spiro atoms. The molecule has 0 aliphatic rings. The van der Waals surface area contributed by atoms with Crippen LogP contribution in [0.15, 0.2) is 102 Å². The zero-order chi connectivity index (χ0) is 28.8. The second-order valence-corrected chi connectivity index (χ2v) is 11.0. The number of aromatic nitrogens is 1. The number of anilines is 2. The van der Waals surface area contributed by atoms with Crippen molar-refractivity contribution in [2.24, 2.45) is 0 Å². The molecule has 0 aliphatic carbocycles. The van der Waals surface area contributed by atoms with Gasteiger partial charge < -0.3 is 15.4 Å². The lowest BCUT2D eigenvalue weighted by Gasteiger charge is -2.17. The van der Waals surface area contributed by atoms with Gasteiger partial charge in [-0.05, 0) is 55.0 Å². The lowest BCUT2D eigenvalue weighted by Crippen LogP contribution is -2.19. The summed E-state index contributed by atoms with van der Waals surface area (Å²) in [5.74, 6) is 0.0320. The number of hydrogen-bond donors (Lipinski definition) is 2. The highest BCUT2D eigenvalue weighted by Crippen LogP contribution is 2.38. The van der Waals surface area contributed by atoms with Crippen LogP contribution in [0.1, 0.15) is 28.1 Å². The first-order valence-electron chi connectivity index (χ1n) is 12.6. The summed E-state index contributed by atoms with van der Waals surface area (Å²) < 4.78 is 6.48. The number of nitrogens with zero attached hydrogens (tertiary/aromatic N) is 2. The predicted molar refractivity (Wildman–Crippen MR) is 162 cm³/mol. The molecule has 206 valence electrons. The number of fused-ring (bicyclic) bond motifs is 1. The molecule has 0 aliphatic heterocycles. The minimum atomic E-state index is -0.607. The van der Waals surface area contributed by atoms with Crippen LogP contribution in [0.3, 0.4) is 0 Å². The fraction of sp³-hybridized carbons (Fsp3) is 0.100. The fourth-order valence-corrected chi connectivity index (χ4v) is 6.01. The molecule has 5 aromatic rings. The first-order valence-corrected chi connectivity index (χ1v) is 14.3. The molecule has 0 bridgehead atoms. The van der Waals surface area contributed by atoms with Gasteiger partial charge in [-0.25, -0.2) is 4.98 Å². The van der Waals surface area contributed by atoms with Crippen LogP contribution in [-0.4, -0.2) is 28.3 Å². The Labute approximate surface area is 243 Å². The third-order valence-corrected chi connectivity index (χ3v) is 8.09. The quantitative estimate of drug-likeness (QED) is 0.100. The molecule has 2 amide bonds. The summed E-state index contributed by atoms with van der Waals surface area (Å²) in [6, 6.07) is 27.7. The number of nitro groups is 1. The molecule has 4 aromatic carbocycles. The second kappa shape index (κ2) is 12.6. The highest BCUT2D eigenvalue weighted by molar-refractivity contribution is 8.00. The predicted octanol–water partition coefficient (Wildman–Crippen LogP) is 7.33. The molecule has 0 saturated carbocycles. The van der Waals surface area contributed by atoms with Gasteiger partial charge in [0.25, 0.3) is 11.6 Å². The summed E-state index contributed by atoms with van der Waals surface area (Å²) in [6.07, 6.45) is 0. The van der Waals surface area contributed by atoms with Crippen LogP contribution >= 0.6 is 23.1 Å². The van der Waals surface area contributed by atoms with Gasteiger partial charge in [0.05, 0.1) is 21.7 Å². The number of hydrogen-bond acceptors (Lipinski definition) is 8. The topological polar surface area (TPSA) is 123 Å². The Morgan fingerprint density at radius 2 is 1.78 bits per heavy atom. The number of thioether (sulfide) groups is 1. The maximum atomic E-state index is 13.6. The van der Waals surface area contributed by atoms with E-state index in [0.717, 1.165) is 26.4 Å². The van der Waals surface area contributed by atoms with Crippen LogP contribution in [0.2, 0.25) is 0 Å². The lowest BCUT2D eigenvalue weighted by atomic mass is 10.1. The molecule has 0 radical (unpaired) electrons. The van der Waals surface area contributed by atoms with E-state index in [1.165, 1.54) is 47.4 Å². The average Bonchev–Trinajstić information content (AvgIpc) is 3.38. The molecule has 5 rings (SSSR count). The number of rotatable bonds is 10. The van der Waals surface area contributed by atoms with Crippen molar-refractivity contribution in [1.29, 1.82) is 0 Å². The van der Waals surface area contributed by atoms with Crippen LogP contribution in [0, 0.1) is 10.1 Å². The van der Waals surface area contributed by atoms with Crippen molar-refractivity contribution >= 4 is 61.6 Å². The van der Waals surface area contributed by atoms with E-state index in [1.54, 1.807) is 18.2 Å². The van der Waals surface area contributed by atoms with Crippen LogP contribution in [0.5, 0.6) is 5.75 Å². The SMILES string of the molecule is CCOc1ccc2nc(NC(=O)C(Sc3cccc(NC(=O)c4cccc([N+](=O)[O-])c4)c3)c3ccccc3)sc2c1. The Hall–Kier alpha value is -4.74. The van der Waals surface area contributed by atoms with Crippen molar-refractivity contribution in [2.45, 2.75) is 17.1 Å². The molecular formula is C30H24N4O5S2. The molecule has 1 atom stereocenters. The number of carbonyl (C=O) groups excluding carboxylic acids is 2. The number of ether oxygens (including phenoxy) is 1. The van der Waals surface area contributed by atoms with Gasteiger partial charge in [0.1, 0.15) is 11.0 Å². The minimum absolute atomic E-state index is 0.165. The molecule has 11 heteroatoms. The minimum Gasteiger partial charge on any atom is -0.494 e. The molecule has 9 nitrogen and oxygen atoms in total. The molecule has 1 unspecified atom stereocenters. The largest absolute Gasteiger partial charge is 0.494 e. The summed E-state index contributed by atoms with van der Waals surface area (Å²) in [5, 5.41) is 16.7. The van der Waals surface area contributed by atoms with Gasteiger partial charge in [-0.15, -0.1) is 11.8 Å². The third kappa shape index (κ3) is 6.89. The number of nitrogens with one attached hydrogen (secondary N) is 2. The molecule has 41 heavy (non-hydrogen) atoms. The monoisotopic (exact) mass is 584 g/mol. The van der Waals surface area contributed by atoms with Crippen LogP contribution in [0.4, 0.5) is 16.5 Å². The molecule has 2 N–H and O–H groups in total. The molecular weight excluding hydrogens is 560 g/mol. The van der Waals surface area contributed by atoms with Gasteiger partial charge in [-0.2, -0.15) is 0 Å². The molecule has 0 saturated heterocycles. The maximum Gasteiger partial charge on any atom is 0.270 e. The van der Waals surface area contributed by atoms with Crippen LogP contribution in [0.25, 0.3) is 10.2 Å². The fourth-order valence-electron chi connectivity index (χ4n) is 4.03. The van der Waals surface area contributed by atoms with Crippen molar-refractivity contribution < 1.29 is 19.2 Å².